The third-order valence-electron chi connectivity index (χ3n) is 4.92. The van der Waals surface area contributed by atoms with E-state index in [1.54, 1.807) is 18.3 Å². The number of nitriles is 1. The van der Waals surface area contributed by atoms with Gasteiger partial charge in [0, 0.05) is 11.1 Å². The third-order valence-corrected chi connectivity index (χ3v) is 4.92. The Balaban J connectivity index is 1.54. The first-order valence-corrected chi connectivity index (χ1v) is 10.1. The molecular formula is C24H20N6O3. The number of nitrogens with one attached hydrogen (secondary N) is 2. The Labute approximate surface area is 189 Å². The largest absolute Gasteiger partial charge is 0.488 e. The zero-order valence-electron chi connectivity index (χ0n) is 18.0. The number of rotatable bonds is 7. The first-order valence-electron chi connectivity index (χ1n) is 10.1. The third kappa shape index (κ3) is 4.80. The molecule has 9 nitrogen and oxygen atoms in total. The van der Waals surface area contributed by atoms with Crippen molar-refractivity contribution in [2.75, 3.05) is 5.43 Å². The van der Waals surface area contributed by atoms with Crippen LogP contribution in [0.4, 0.5) is 5.95 Å². The summed E-state index contributed by atoms with van der Waals surface area (Å²) in [6.07, 6.45) is 1.56. The van der Waals surface area contributed by atoms with E-state index < -0.39 is 5.56 Å². The fourth-order valence-electron chi connectivity index (χ4n) is 3.17. The summed E-state index contributed by atoms with van der Waals surface area (Å²) >= 11 is 0. The molecule has 0 atom stereocenters. The molecule has 2 heterocycles. The number of para-hydroxylation sites is 1. The van der Waals surface area contributed by atoms with Crippen molar-refractivity contribution >= 4 is 12.2 Å². The Morgan fingerprint density at radius 1 is 1.18 bits per heavy atom. The van der Waals surface area contributed by atoms with Gasteiger partial charge >= 0.3 is 0 Å². The molecule has 9 heteroatoms. The number of aromatic nitrogens is 3. The summed E-state index contributed by atoms with van der Waals surface area (Å²) in [5, 5.41) is 17.5. The number of ether oxygens (including phenoxy) is 1. The molecule has 0 saturated heterocycles. The molecular weight excluding hydrogens is 420 g/mol. The second-order valence-corrected chi connectivity index (χ2v) is 7.12. The highest BCUT2D eigenvalue weighted by Gasteiger charge is 2.13. The molecule has 0 amide bonds. The molecule has 0 aliphatic rings. The van der Waals surface area contributed by atoms with E-state index in [2.05, 4.69) is 25.7 Å². The highest BCUT2D eigenvalue weighted by atomic mass is 16.5. The predicted molar refractivity (Wildman–Crippen MR) is 123 cm³/mol. The van der Waals surface area contributed by atoms with Gasteiger partial charge in [0.25, 0.3) is 5.56 Å². The zero-order valence-corrected chi connectivity index (χ0v) is 18.0. The van der Waals surface area contributed by atoms with Crippen LogP contribution in [0.1, 0.15) is 28.1 Å². The SMILES string of the molecule is Cc1noc(C)c1COc1ccccc1C=NNc1nc(-c2ccccc2)c(C#N)c(=O)[nH]1. The average Bonchev–Trinajstić information content (AvgIpc) is 3.15. The predicted octanol–water partition coefficient (Wildman–Crippen LogP) is 3.94. The summed E-state index contributed by atoms with van der Waals surface area (Å²) in [5.41, 5.74) is 5.45. The van der Waals surface area contributed by atoms with Crippen LogP contribution in [-0.2, 0) is 6.61 Å². The Morgan fingerprint density at radius 3 is 2.67 bits per heavy atom. The van der Waals surface area contributed by atoms with Crippen LogP contribution >= 0.6 is 0 Å². The van der Waals surface area contributed by atoms with Gasteiger partial charge in [0.05, 0.1) is 23.2 Å². The molecule has 0 unspecified atom stereocenters. The van der Waals surface area contributed by atoms with E-state index in [-0.39, 0.29) is 17.2 Å². The van der Waals surface area contributed by atoms with Gasteiger partial charge in [0.1, 0.15) is 29.7 Å². The lowest BCUT2D eigenvalue weighted by Gasteiger charge is -2.09. The lowest BCUT2D eigenvalue weighted by molar-refractivity contribution is 0.301. The molecule has 0 aliphatic carbocycles. The summed E-state index contributed by atoms with van der Waals surface area (Å²) in [6.45, 7) is 4.01. The molecule has 0 radical (unpaired) electrons. The Bertz CT molecular complexity index is 1380. The van der Waals surface area contributed by atoms with Gasteiger partial charge in [-0.1, -0.05) is 47.6 Å². The minimum Gasteiger partial charge on any atom is -0.488 e. The molecule has 2 N–H and O–H groups in total. The lowest BCUT2D eigenvalue weighted by Crippen LogP contribution is -2.16. The van der Waals surface area contributed by atoms with Crippen LogP contribution in [0.3, 0.4) is 0 Å². The van der Waals surface area contributed by atoms with Gasteiger partial charge in [-0.15, -0.1) is 0 Å². The lowest BCUT2D eigenvalue weighted by atomic mass is 10.1. The first-order chi connectivity index (χ1) is 16.1. The van der Waals surface area contributed by atoms with Crippen LogP contribution in [0, 0.1) is 25.2 Å². The molecule has 4 aromatic rings. The van der Waals surface area contributed by atoms with E-state index in [1.165, 1.54) is 0 Å². The first kappa shape index (κ1) is 21.5. The average molecular weight is 440 g/mol. The number of anilines is 1. The number of aromatic amines is 1. The highest BCUT2D eigenvalue weighted by molar-refractivity contribution is 5.83. The summed E-state index contributed by atoms with van der Waals surface area (Å²) in [4.78, 5) is 19.3. The molecule has 2 aromatic heterocycles. The zero-order chi connectivity index (χ0) is 23.2. The van der Waals surface area contributed by atoms with Crippen molar-refractivity contribution in [1.82, 2.24) is 15.1 Å². The fraction of sp³-hybridized carbons (Fsp3) is 0.125. The van der Waals surface area contributed by atoms with Crippen LogP contribution in [-0.4, -0.2) is 21.3 Å². The van der Waals surface area contributed by atoms with Gasteiger partial charge in [0.15, 0.2) is 0 Å². The Hall–Kier alpha value is -4.71. The molecule has 33 heavy (non-hydrogen) atoms. The number of nitrogens with zero attached hydrogens (tertiary/aromatic N) is 4. The maximum atomic E-state index is 12.4. The van der Waals surface area contributed by atoms with E-state index in [9.17, 15) is 10.1 Å². The Morgan fingerprint density at radius 2 is 1.94 bits per heavy atom. The van der Waals surface area contributed by atoms with Crippen molar-refractivity contribution in [2.24, 2.45) is 5.10 Å². The van der Waals surface area contributed by atoms with Gasteiger partial charge in [-0.2, -0.15) is 10.4 Å². The molecule has 0 aliphatic heterocycles. The van der Waals surface area contributed by atoms with Gasteiger partial charge < -0.3 is 9.26 Å². The molecule has 0 fully saturated rings. The maximum absolute atomic E-state index is 12.4. The van der Waals surface area contributed by atoms with Crippen molar-refractivity contribution in [3.05, 3.63) is 93.1 Å². The number of H-pyrrole nitrogens is 1. The number of hydrazone groups is 1. The van der Waals surface area contributed by atoms with Gasteiger partial charge in [-0.25, -0.2) is 10.4 Å². The van der Waals surface area contributed by atoms with E-state index >= 15 is 0 Å². The Kier molecular flexibility index (Phi) is 6.27. The van der Waals surface area contributed by atoms with Gasteiger partial charge in [-0.05, 0) is 26.0 Å². The summed E-state index contributed by atoms with van der Waals surface area (Å²) in [7, 11) is 0. The van der Waals surface area contributed by atoms with Crippen LogP contribution in [0.2, 0.25) is 0 Å². The van der Waals surface area contributed by atoms with Crippen LogP contribution < -0.4 is 15.7 Å². The normalized spacial score (nSPS) is 10.8. The minimum absolute atomic E-state index is 0.0613. The second kappa shape index (κ2) is 9.62. The number of benzene rings is 2. The molecule has 0 spiro atoms. The van der Waals surface area contributed by atoms with Crippen LogP contribution in [0.5, 0.6) is 5.75 Å². The topological polar surface area (TPSA) is 129 Å². The second-order valence-electron chi connectivity index (χ2n) is 7.12. The number of hydrogen-bond donors (Lipinski definition) is 2. The summed E-state index contributed by atoms with van der Waals surface area (Å²) in [6, 6.07) is 18.3. The minimum atomic E-state index is -0.549. The van der Waals surface area contributed by atoms with Crippen molar-refractivity contribution in [3.63, 3.8) is 0 Å². The van der Waals surface area contributed by atoms with Gasteiger partial charge in [0.2, 0.25) is 5.95 Å². The standard InChI is InChI=1S/C24H20N6O3/c1-15-20(16(2)33-30-15)14-32-21-11-7-6-10-18(21)13-26-29-24-27-22(17-8-4-3-5-9-17)19(12-25)23(31)28-24/h3-11,13H,14H2,1-2H3,(H2,27,28,29,31). The highest BCUT2D eigenvalue weighted by Crippen LogP contribution is 2.21. The molecule has 0 saturated carbocycles. The van der Waals surface area contributed by atoms with Crippen molar-refractivity contribution in [1.29, 1.82) is 5.26 Å². The smallest absolute Gasteiger partial charge is 0.270 e. The van der Waals surface area contributed by atoms with Crippen molar-refractivity contribution in [2.45, 2.75) is 20.5 Å². The molecule has 4 rings (SSSR count). The van der Waals surface area contributed by atoms with Crippen molar-refractivity contribution in [3.8, 4) is 23.1 Å². The molecule has 164 valence electrons. The van der Waals surface area contributed by atoms with E-state index in [0.29, 0.717) is 23.7 Å². The van der Waals surface area contributed by atoms with E-state index in [0.717, 1.165) is 16.8 Å². The van der Waals surface area contributed by atoms with Gasteiger partial charge in [-0.3, -0.25) is 9.78 Å². The quantitative estimate of drug-likeness (QED) is 0.329. The number of aryl methyl sites for hydroxylation is 2. The molecule has 2 aromatic carbocycles. The van der Waals surface area contributed by atoms with E-state index in [4.69, 9.17) is 9.26 Å². The monoisotopic (exact) mass is 440 g/mol. The van der Waals surface area contributed by atoms with E-state index in [1.807, 2.05) is 62.4 Å². The van der Waals surface area contributed by atoms with Crippen LogP contribution in [0.15, 0.2) is 69.0 Å². The molecule has 0 bridgehead atoms. The van der Waals surface area contributed by atoms with Crippen LogP contribution in [0.25, 0.3) is 11.3 Å². The maximum Gasteiger partial charge on any atom is 0.270 e. The number of hydrogen-bond acceptors (Lipinski definition) is 8. The summed E-state index contributed by atoms with van der Waals surface area (Å²) < 4.78 is 11.1. The summed E-state index contributed by atoms with van der Waals surface area (Å²) in [5.74, 6) is 1.45. The van der Waals surface area contributed by atoms with Crippen molar-refractivity contribution < 1.29 is 9.26 Å². The fourth-order valence-corrected chi connectivity index (χ4v) is 3.17.